The van der Waals surface area contributed by atoms with Crippen LogP contribution in [0.15, 0.2) is 34.9 Å². The van der Waals surface area contributed by atoms with E-state index in [4.69, 9.17) is 0 Å². The third-order valence-corrected chi connectivity index (χ3v) is 3.37. The first-order valence-electron chi connectivity index (χ1n) is 6.67. The molecular formula is C13H10BrF3N4O4. The van der Waals surface area contributed by atoms with Crippen LogP contribution in [-0.4, -0.2) is 27.0 Å². The lowest BCUT2D eigenvalue weighted by molar-refractivity contribution is -0.390. The van der Waals surface area contributed by atoms with Gasteiger partial charge >= 0.3 is 12.2 Å². The number of amides is 1. The highest BCUT2D eigenvalue weighted by Crippen LogP contribution is 2.24. The molecule has 0 bridgehead atoms. The fourth-order valence-corrected chi connectivity index (χ4v) is 2.27. The van der Waals surface area contributed by atoms with Gasteiger partial charge in [0.25, 0.3) is 0 Å². The van der Waals surface area contributed by atoms with Crippen LogP contribution >= 0.6 is 15.9 Å². The van der Waals surface area contributed by atoms with Gasteiger partial charge in [-0.15, -0.1) is 13.2 Å². The summed E-state index contributed by atoms with van der Waals surface area (Å²) in [6.07, 6.45) is -3.45. The molecule has 0 spiro atoms. The molecule has 12 heteroatoms. The highest BCUT2D eigenvalue weighted by atomic mass is 79.9. The van der Waals surface area contributed by atoms with E-state index in [1.165, 1.54) is 23.0 Å². The van der Waals surface area contributed by atoms with Gasteiger partial charge in [0, 0.05) is 12.1 Å². The van der Waals surface area contributed by atoms with Crippen LogP contribution in [0.1, 0.15) is 6.42 Å². The van der Waals surface area contributed by atoms with Gasteiger partial charge in [0.15, 0.2) is 0 Å². The Bertz CT molecular complexity index is 777. The van der Waals surface area contributed by atoms with Gasteiger partial charge in [-0.2, -0.15) is 4.68 Å². The van der Waals surface area contributed by atoms with Crippen LogP contribution in [-0.2, 0) is 11.3 Å². The Hall–Kier alpha value is -2.63. The monoisotopic (exact) mass is 422 g/mol. The molecule has 1 heterocycles. The standard InChI is InChI=1S/C13H10BrF3N4O4/c14-10-7-20(19-12(10)21(23)24)6-5-11(22)18-8-1-3-9(4-2-8)25-13(15,16)17/h1-4,7H,5-6H2,(H,18,22). The molecule has 0 radical (unpaired) electrons. The molecular weight excluding hydrogens is 413 g/mol. The van der Waals surface area contributed by atoms with Crippen molar-refractivity contribution in [3.8, 4) is 5.75 Å². The summed E-state index contributed by atoms with van der Waals surface area (Å²) in [7, 11) is 0. The summed E-state index contributed by atoms with van der Waals surface area (Å²) in [5, 5.41) is 16.9. The lowest BCUT2D eigenvalue weighted by atomic mass is 10.3. The zero-order valence-corrected chi connectivity index (χ0v) is 13.9. The second-order valence-corrected chi connectivity index (χ2v) is 5.55. The second-order valence-electron chi connectivity index (χ2n) is 4.69. The van der Waals surface area contributed by atoms with Crippen molar-refractivity contribution < 1.29 is 27.6 Å². The van der Waals surface area contributed by atoms with Crippen molar-refractivity contribution in [2.75, 3.05) is 5.32 Å². The number of aryl methyl sites for hydroxylation is 1. The minimum Gasteiger partial charge on any atom is -0.406 e. The fraction of sp³-hybridized carbons (Fsp3) is 0.231. The summed E-state index contributed by atoms with van der Waals surface area (Å²) in [6, 6.07) is 4.65. The van der Waals surface area contributed by atoms with Crippen molar-refractivity contribution in [2.24, 2.45) is 0 Å². The maximum absolute atomic E-state index is 12.0. The molecule has 0 atom stereocenters. The number of nitro groups is 1. The van der Waals surface area contributed by atoms with Crippen LogP contribution in [0, 0.1) is 10.1 Å². The lowest BCUT2D eigenvalue weighted by Gasteiger charge is -2.09. The Labute approximate surface area is 146 Å². The molecule has 1 amide bonds. The topological polar surface area (TPSA) is 99.3 Å². The van der Waals surface area contributed by atoms with Crippen molar-refractivity contribution in [1.29, 1.82) is 0 Å². The maximum atomic E-state index is 12.0. The van der Waals surface area contributed by atoms with Gasteiger partial charge in [-0.25, -0.2) is 0 Å². The highest BCUT2D eigenvalue weighted by molar-refractivity contribution is 9.10. The van der Waals surface area contributed by atoms with Gasteiger partial charge < -0.3 is 20.2 Å². The number of halogens is 4. The minimum absolute atomic E-state index is 0.0356. The number of nitrogens with zero attached hydrogens (tertiary/aromatic N) is 3. The molecule has 0 aliphatic rings. The van der Waals surface area contributed by atoms with Gasteiger partial charge in [-0.1, -0.05) is 0 Å². The van der Waals surface area contributed by atoms with E-state index < -0.39 is 22.9 Å². The van der Waals surface area contributed by atoms with Crippen LogP contribution < -0.4 is 10.1 Å². The van der Waals surface area contributed by atoms with Crippen molar-refractivity contribution in [3.05, 3.63) is 45.0 Å². The number of carbonyl (C=O) groups excluding carboxylic acids is 1. The quantitative estimate of drug-likeness (QED) is 0.567. The van der Waals surface area contributed by atoms with Gasteiger partial charge in [-0.05, 0) is 45.1 Å². The van der Waals surface area contributed by atoms with Gasteiger partial charge in [0.05, 0.1) is 17.8 Å². The molecule has 134 valence electrons. The summed E-state index contributed by atoms with van der Waals surface area (Å²) in [5.41, 5.74) is 0.284. The SMILES string of the molecule is O=C(CCn1cc(Br)c([N+](=O)[O-])n1)Nc1ccc(OC(F)(F)F)cc1. The summed E-state index contributed by atoms with van der Waals surface area (Å²) in [6.45, 7) is 0.0908. The summed E-state index contributed by atoms with van der Waals surface area (Å²) >= 11 is 2.99. The fourth-order valence-electron chi connectivity index (χ4n) is 1.80. The Morgan fingerprint density at radius 3 is 2.52 bits per heavy atom. The number of nitrogens with one attached hydrogen (secondary N) is 1. The van der Waals surface area contributed by atoms with E-state index >= 15 is 0 Å². The predicted molar refractivity (Wildman–Crippen MR) is 83.0 cm³/mol. The third-order valence-electron chi connectivity index (χ3n) is 2.81. The lowest BCUT2D eigenvalue weighted by Crippen LogP contribution is -2.17. The molecule has 0 saturated heterocycles. The van der Waals surface area contributed by atoms with Crippen LogP contribution in [0.2, 0.25) is 0 Å². The van der Waals surface area contributed by atoms with Gasteiger partial charge in [-0.3, -0.25) is 4.79 Å². The van der Waals surface area contributed by atoms with Gasteiger partial charge in [0.2, 0.25) is 5.91 Å². The number of rotatable bonds is 6. The van der Waals surface area contributed by atoms with E-state index in [-0.39, 0.29) is 28.9 Å². The highest BCUT2D eigenvalue weighted by Gasteiger charge is 2.31. The predicted octanol–water partition coefficient (Wildman–Crippen LogP) is 3.48. The minimum atomic E-state index is -4.79. The molecule has 2 aromatic rings. The zero-order chi connectivity index (χ0) is 18.6. The number of anilines is 1. The molecule has 0 fully saturated rings. The molecule has 1 aromatic heterocycles. The number of hydrogen-bond donors (Lipinski definition) is 1. The van der Waals surface area contributed by atoms with Crippen molar-refractivity contribution in [3.63, 3.8) is 0 Å². The van der Waals surface area contributed by atoms with Crippen LogP contribution in [0.5, 0.6) is 5.75 Å². The number of benzene rings is 1. The molecule has 0 unspecified atom stereocenters. The molecule has 1 N–H and O–H groups in total. The molecule has 1 aromatic carbocycles. The third kappa shape index (κ3) is 5.74. The Morgan fingerprint density at radius 2 is 2.00 bits per heavy atom. The summed E-state index contributed by atoms with van der Waals surface area (Å²) in [5.74, 6) is -1.20. The first-order valence-corrected chi connectivity index (χ1v) is 7.46. The van der Waals surface area contributed by atoms with E-state index in [0.717, 1.165) is 12.1 Å². The number of carbonyl (C=O) groups is 1. The van der Waals surface area contributed by atoms with E-state index in [9.17, 15) is 28.1 Å². The molecule has 8 nitrogen and oxygen atoms in total. The number of ether oxygens (including phenoxy) is 1. The molecule has 0 saturated carbocycles. The average Bonchev–Trinajstić information content (AvgIpc) is 2.87. The van der Waals surface area contributed by atoms with Gasteiger partial charge in [0.1, 0.15) is 10.2 Å². The molecule has 0 aliphatic carbocycles. The summed E-state index contributed by atoms with van der Waals surface area (Å²) in [4.78, 5) is 21.8. The normalized spacial score (nSPS) is 11.2. The summed E-state index contributed by atoms with van der Waals surface area (Å²) < 4.78 is 41.3. The number of hydrogen-bond acceptors (Lipinski definition) is 5. The van der Waals surface area contributed by atoms with E-state index in [1.807, 2.05) is 0 Å². The van der Waals surface area contributed by atoms with E-state index in [0.29, 0.717) is 0 Å². The van der Waals surface area contributed by atoms with E-state index in [2.05, 4.69) is 31.1 Å². The molecule has 2 rings (SSSR count). The second kappa shape index (κ2) is 7.51. The number of alkyl halides is 3. The average molecular weight is 423 g/mol. The first-order chi connectivity index (χ1) is 11.6. The smallest absolute Gasteiger partial charge is 0.406 e. The van der Waals surface area contributed by atoms with Crippen LogP contribution in [0.25, 0.3) is 0 Å². The molecule has 0 aliphatic heterocycles. The first kappa shape index (κ1) is 18.7. The zero-order valence-electron chi connectivity index (χ0n) is 12.3. The maximum Gasteiger partial charge on any atom is 0.573 e. The Balaban J connectivity index is 1.88. The van der Waals surface area contributed by atoms with E-state index in [1.54, 1.807) is 0 Å². The van der Waals surface area contributed by atoms with Crippen molar-refractivity contribution >= 4 is 33.3 Å². The Kier molecular flexibility index (Phi) is 5.62. The Morgan fingerprint density at radius 1 is 1.36 bits per heavy atom. The van der Waals surface area contributed by atoms with Crippen molar-refractivity contribution in [1.82, 2.24) is 9.78 Å². The largest absolute Gasteiger partial charge is 0.573 e. The van der Waals surface area contributed by atoms with Crippen LogP contribution in [0.4, 0.5) is 24.7 Å². The number of aromatic nitrogens is 2. The van der Waals surface area contributed by atoms with Crippen molar-refractivity contribution in [2.45, 2.75) is 19.3 Å². The molecule has 25 heavy (non-hydrogen) atoms. The van der Waals surface area contributed by atoms with Crippen LogP contribution in [0.3, 0.4) is 0 Å².